The molecular formula is C17H34N2O. The Kier molecular flexibility index (Phi) is 6.50. The van der Waals surface area contributed by atoms with Crippen LogP contribution in [0.2, 0.25) is 0 Å². The summed E-state index contributed by atoms with van der Waals surface area (Å²) in [6.45, 7) is 9.67. The molecule has 0 spiro atoms. The van der Waals surface area contributed by atoms with Crippen molar-refractivity contribution in [2.24, 2.45) is 23.0 Å². The van der Waals surface area contributed by atoms with Crippen molar-refractivity contribution in [3.8, 4) is 0 Å². The van der Waals surface area contributed by atoms with Gasteiger partial charge in [0.05, 0.1) is 0 Å². The molecule has 20 heavy (non-hydrogen) atoms. The van der Waals surface area contributed by atoms with Crippen molar-refractivity contribution in [3.63, 3.8) is 0 Å². The first-order valence-corrected chi connectivity index (χ1v) is 8.21. The maximum Gasteiger partial charge on any atom is 0.222 e. The van der Waals surface area contributed by atoms with E-state index < -0.39 is 0 Å². The zero-order chi connectivity index (χ0) is 15.3. The standard InChI is InChI=1S/C17H34N2O/c1-13(2)10-14(12-18)11-16(20)19(5)15-6-8-17(3,4)9-7-15/h13-15H,6-12,18H2,1-5H3. The van der Waals surface area contributed by atoms with E-state index in [4.69, 9.17) is 5.73 Å². The molecule has 0 bridgehead atoms. The minimum absolute atomic E-state index is 0.283. The summed E-state index contributed by atoms with van der Waals surface area (Å²) in [5.74, 6) is 1.23. The monoisotopic (exact) mass is 282 g/mol. The molecule has 1 fully saturated rings. The molecule has 3 heteroatoms. The van der Waals surface area contributed by atoms with Crippen LogP contribution in [0, 0.1) is 17.3 Å². The van der Waals surface area contributed by atoms with Gasteiger partial charge in [-0.05, 0) is 55.9 Å². The molecule has 1 unspecified atom stereocenters. The lowest BCUT2D eigenvalue weighted by atomic mass is 9.75. The van der Waals surface area contributed by atoms with Crippen LogP contribution in [-0.2, 0) is 4.79 Å². The molecule has 0 aromatic carbocycles. The van der Waals surface area contributed by atoms with Gasteiger partial charge in [0.1, 0.15) is 0 Å². The van der Waals surface area contributed by atoms with Gasteiger partial charge in [-0.25, -0.2) is 0 Å². The Bertz CT molecular complexity index is 302. The van der Waals surface area contributed by atoms with Crippen molar-refractivity contribution < 1.29 is 4.79 Å². The average molecular weight is 282 g/mol. The van der Waals surface area contributed by atoms with Gasteiger partial charge in [0.25, 0.3) is 0 Å². The lowest BCUT2D eigenvalue weighted by Crippen LogP contribution is -2.41. The molecule has 1 rings (SSSR count). The molecular weight excluding hydrogens is 248 g/mol. The molecule has 1 amide bonds. The largest absolute Gasteiger partial charge is 0.343 e. The highest BCUT2D eigenvalue weighted by molar-refractivity contribution is 5.76. The van der Waals surface area contributed by atoms with E-state index in [9.17, 15) is 4.79 Å². The molecule has 3 nitrogen and oxygen atoms in total. The SMILES string of the molecule is CC(C)CC(CN)CC(=O)N(C)C1CCC(C)(C)CC1. The second-order valence-electron chi connectivity index (χ2n) is 7.84. The van der Waals surface area contributed by atoms with Crippen molar-refractivity contribution in [1.29, 1.82) is 0 Å². The normalized spacial score (nSPS) is 20.9. The van der Waals surface area contributed by atoms with Crippen molar-refractivity contribution in [2.45, 2.75) is 72.3 Å². The van der Waals surface area contributed by atoms with E-state index in [1.54, 1.807) is 0 Å². The molecule has 0 aromatic heterocycles. The molecule has 0 saturated heterocycles. The Balaban J connectivity index is 2.46. The Morgan fingerprint density at radius 1 is 1.30 bits per heavy atom. The maximum absolute atomic E-state index is 12.4. The van der Waals surface area contributed by atoms with Crippen LogP contribution < -0.4 is 5.73 Å². The van der Waals surface area contributed by atoms with Crippen LogP contribution in [0.25, 0.3) is 0 Å². The van der Waals surface area contributed by atoms with Crippen LogP contribution in [0.5, 0.6) is 0 Å². The highest BCUT2D eigenvalue weighted by Gasteiger charge is 2.30. The maximum atomic E-state index is 12.4. The number of rotatable bonds is 6. The van der Waals surface area contributed by atoms with Crippen LogP contribution in [0.3, 0.4) is 0 Å². The summed E-state index contributed by atoms with van der Waals surface area (Å²) in [5, 5.41) is 0. The van der Waals surface area contributed by atoms with Gasteiger partial charge in [-0.1, -0.05) is 27.7 Å². The van der Waals surface area contributed by atoms with E-state index in [0.717, 1.165) is 19.3 Å². The zero-order valence-corrected chi connectivity index (χ0v) is 14.1. The number of hydrogen-bond acceptors (Lipinski definition) is 2. The third-order valence-corrected chi connectivity index (χ3v) is 4.85. The summed E-state index contributed by atoms with van der Waals surface area (Å²) in [6, 6.07) is 0.438. The molecule has 0 aromatic rings. The van der Waals surface area contributed by atoms with E-state index in [-0.39, 0.29) is 5.91 Å². The van der Waals surface area contributed by atoms with Crippen LogP contribution in [0.1, 0.15) is 66.2 Å². The molecule has 1 aliphatic rings. The summed E-state index contributed by atoms with van der Waals surface area (Å²) in [4.78, 5) is 14.4. The minimum atomic E-state index is 0.283. The Morgan fingerprint density at radius 2 is 1.85 bits per heavy atom. The molecule has 0 heterocycles. The zero-order valence-electron chi connectivity index (χ0n) is 14.1. The predicted molar refractivity (Wildman–Crippen MR) is 85.4 cm³/mol. The van der Waals surface area contributed by atoms with Gasteiger partial charge in [0.2, 0.25) is 5.91 Å². The molecule has 0 aliphatic heterocycles. The first-order valence-electron chi connectivity index (χ1n) is 8.21. The van der Waals surface area contributed by atoms with Crippen LogP contribution >= 0.6 is 0 Å². The summed E-state index contributed by atoms with van der Waals surface area (Å²) in [7, 11) is 1.98. The van der Waals surface area contributed by atoms with Crippen molar-refractivity contribution in [2.75, 3.05) is 13.6 Å². The number of amides is 1. The summed E-state index contributed by atoms with van der Waals surface area (Å²) in [6.07, 6.45) is 6.40. The van der Waals surface area contributed by atoms with Crippen LogP contribution in [0.15, 0.2) is 0 Å². The Hall–Kier alpha value is -0.570. The molecule has 1 aliphatic carbocycles. The molecule has 1 atom stereocenters. The smallest absolute Gasteiger partial charge is 0.222 e. The van der Waals surface area contributed by atoms with Crippen LogP contribution in [-0.4, -0.2) is 30.4 Å². The second kappa shape index (κ2) is 7.44. The summed E-state index contributed by atoms with van der Waals surface area (Å²) >= 11 is 0. The van der Waals surface area contributed by atoms with E-state index in [1.807, 2.05) is 11.9 Å². The highest BCUT2D eigenvalue weighted by atomic mass is 16.2. The molecule has 118 valence electrons. The average Bonchev–Trinajstić information content (AvgIpc) is 2.36. The van der Waals surface area contributed by atoms with E-state index in [0.29, 0.717) is 36.3 Å². The fraction of sp³-hybridized carbons (Fsp3) is 0.941. The number of carbonyl (C=O) groups is 1. The predicted octanol–water partition coefficient (Wildman–Crippen LogP) is 3.42. The molecule has 1 saturated carbocycles. The number of nitrogens with zero attached hydrogens (tertiary/aromatic N) is 1. The van der Waals surface area contributed by atoms with E-state index >= 15 is 0 Å². The quantitative estimate of drug-likeness (QED) is 0.811. The topological polar surface area (TPSA) is 46.3 Å². The van der Waals surface area contributed by atoms with Gasteiger partial charge in [0, 0.05) is 19.5 Å². The first-order chi connectivity index (χ1) is 9.25. The number of hydrogen-bond donors (Lipinski definition) is 1. The fourth-order valence-corrected chi connectivity index (χ4v) is 3.30. The van der Waals surface area contributed by atoms with E-state index in [1.165, 1.54) is 12.8 Å². The third kappa shape index (κ3) is 5.43. The highest BCUT2D eigenvalue weighted by Crippen LogP contribution is 2.36. The Morgan fingerprint density at radius 3 is 2.30 bits per heavy atom. The minimum Gasteiger partial charge on any atom is -0.343 e. The number of nitrogens with two attached hydrogens (primary N) is 1. The number of carbonyl (C=O) groups excluding carboxylic acids is 1. The molecule has 0 radical (unpaired) electrons. The van der Waals surface area contributed by atoms with Gasteiger partial charge in [-0.2, -0.15) is 0 Å². The lowest BCUT2D eigenvalue weighted by Gasteiger charge is -2.39. The van der Waals surface area contributed by atoms with Crippen molar-refractivity contribution in [1.82, 2.24) is 4.90 Å². The van der Waals surface area contributed by atoms with Gasteiger partial charge >= 0.3 is 0 Å². The molecule has 2 N–H and O–H groups in total. The third-order valence-electron chi connectivity index (χ3n) is 4.85. The van der Waals surface area contributed by atoms with Gasteiger partial charge in [-0.15, -0.1) is 0 Å². The van der Waals surface area contributed by atoms with Crippen molar-refractivity contribution >= 4 is 5.91 Å². The van der Waals surface area contributed by atoms with Gasteiger partial charge < -0.3 is 10.6 Å². The Labute approximate surface area is 125 Å². The summed E-state index contributed by atoms with van der Waals surface area (Å²) in [5.41, 5.74) is 6.27. The van der Waals surface area contributed by atoms with Gasteiger partial charge in [0.15, 0.2) is 0 Å². The summed E-state index contributed by atoms with van der Waals surface area (Å²) < 4.78 is 0. The second-order valence-corrected chi connectivity index (χ2v) is 7.84. The van der Waals surface area contributed by atoms with Gasteiger partial charge in [-0.3, -0.25) is 4.79 Å². The van der Waals surface area contributed by atoms with Crippen molar-refractivity contribution in [3.05, 3.63) is 0 Å². The van der Waals surface area contributed by atoms with Crippen LogP contribution in [0.4, 0.5) is 0 Å². The fourth-order valence-electron chi connectivity index (χ4n) is 3.30. The first kappa shape index (κ1) is 17.5. The van der Waals surface area contributed by atoms with E-state index in [2.05, 4.69) is 27.7 Å². The lowest BCUT2D eigenvalue weighted by molar-refractivity contribution is -0.134.